The second-order valence-corrected chi connectivity index (χ2v) is 4.68. The van der Waals surface area contributed by atoms with Crippen molar-refractivity contribution in [1.29, 1.82) is 0 Å². The summed E-state index contributed by atoms with van der Waals surface area (Å²) in [5.41, 5.74) is 5.54. The predicted molar refractivity (Wildman–Crippen MR) is 57.9 cm³/mol. The van der Waals surface area contributed by atoms with Gasteiger partial charge in [0.15, 0.2) is 4.90 Å². The van der Waals surface area contributed by atoms with Crippen molar-refractivity contribution in [2.24, 2.45) is 5.73 Å². The number of aliphatic carboxylic acids is 1. The lowest BCUT2D eigenvalue weighted by atomic mass is 10.2. The summed E-state index contributed by atoms with van der Waals surface area (Å²) in [5.74, 6) is -0.788. The van der Waals surface area contributed by atoms with Crippen molar-refractivity contribution in [3.8, 4) is 0 Å². The topological polar surface area (TPSA) is 86.4 Å². The zero-order chi connectivity index (χ0) is 11.3. The molecule has 0 aromatic heterocycles. The number of carboxylic acid groups (broad SMARTS) is 1. The second-order valence-electron chi connectivity index (χ2n) is 3.18. The molecule has 2 unspecified atom stereocenters. The van der Waals surface area contributed by atoms with Crippen LogP contribution in [0, 0.1) is 0 Å². The van der Waals surface area contributed by atoms with Crippen molar-refractivity contribution in [2.75, 3.05) is 5.75 Å². The Morgan fingerprint density at radius 1 is 1.47 bits per heavy atom. The lowest BCUT2D eigenvalue weighted by molar-refractivity contribution is -0.137. The molecule has 0 aliphatic carbocycles. The van der Waals surface area contributed by atoms with Crippen LogP contribution >= 0.6 is 0 Å². The van der Waals surface area contributed by atoms with Gasteiger partial charge < -0.3 is 15.4 Å². The van der Waals surface area contributed by atoms with Crippen molar-refractivity contribution in [3.05, 3.63) is 30.3 Å². The molecule has 0 amide bonds. The van der Waals surface area contributed by atoms with Gasteiger partial charge in [-0.05, 0) is 23.3 Å². The Bertz CT molecular complexity index is 318. The van der Waals surface area contributed by atoms with Crippen LogP contribution < -0.4 is 5.73 Å². The van der Waals surface area contributed by atoms with Gasteiger partial charge in [0.05, 0.1) is 12.5 Å². The maximum absolute atomic E-state index is 11.7. The molecule has 1 aromatic rings. The van der Waals surface area contributed by atoms with E-state index in [-0.39, 0.29) is 12.2 Å². The lowest BCUT2D eigenvalue weighted by Crippen LogP contribution is -2.32. The third-order valence-corrected chi connectivity index (χ3v) is 3.34. The molecule has 0 radical (unpaired) electrons. The molecule has 82 valence electrons. The van der Waals surface area contributed by atoms with Crippen molar-refractivity contribution in [2.45, 2.75) is 17.4 Å². The molecule has 15 heavy (non-hydrogen) atoms. The second kappa shape index (κ2) is 5.75. The smallest absolute Gasteiger partial charge is 0.305 e. The molecule has 0 fully saturated rings. The molecule has 0 spiro atoms. The Kier molecular flexibility index (Phi) is 4.61. The van der Waals surface area contributed by atoms with E-state index in [0.717, 1.165) is 0 Å². The van der Waals surface area contributed by atoms with E-state index in [1.807, 2.05) is 6.07 Å². The van der Waals surface area contributed by atoms with Gasteiger partial charge in [0, 0.05) is 0 Å². The van der Waals surface area contributed by atoms with E-state index in [9.17, 15) is 9.35 Å². The number of nitrogens with two attached hydrogens (primary N) is 1. The third kappa shape index (κ3) is 4.33. The summed E-state index contributed by atoms with van der Waals surface area (Å²) < 4.78 is 11.7. The molecule has 1 aromatic carbocycles. The van der Waals surface area contributed by atoms with Gasteiger partial charge >= 0.3 is 5.97 Å². The van der Waals surface area contributed by atoms with E-state index in [2.05, 4.69) is 0 Å². The molecule has 0 heterocycles. The minimum absolute atomic E-state index is 0.154. The molecule has 1 rings (SSSR count). The first-order chi connectivity index (χ1) is 7.09. The summed E-state index contributed by atoms with van der Waals surface area (Å²) in [7, 11) is 0. The first-order valence-electron chi connectivity index (χ1n) is 4.50. The summed E-state index contributed by atoms with van der Waals surface area (Å²) in [6.45, 7) is 0. The predicted octanol–water partition coefficient (Wildman–Crippen LogP) is 0.596. The normalized spacial score (nSPS) is 14.5. The third-order valence-electron chi connectivity index (χ3n) is 1.81. The molecule has 3 N–H and O–H groups in total. The summed E-state index contributed by atoms with van der Waals surface area (Å²) in [5, 5.41) is 8.49. The number of carboxylic acids is 1. The Morgan fingerprint density at radius 3 is 2.60 bits per heavy atom. The zero-order valence-electron chi connectivity index (χ0n) is 8.13. The molecule has 2 atom stereocenters. The Labute approximate surface area is 91.3 Å². The zero-order valence-corrected chi connectivity index (χ0v) is 8.94. The average molecular weight is 227 g/mol. The molecule has 0 aliphatic rings. The van der Waals surface area contributed by atoms with Crippen LogP contribution in [0.2, 0.25) is 0 Å². The Balaban J connectivity index is 2.49. The van der Waals surface area contributed by atoms with E-state index >= 15 is 0 Å². The van der Waals surface area contributed by atoms with Gasteiger partial charge in [-0.2, -0.15) is 0 Å². The number of benzene rings is 1. The Hall–Kier alpha value is -1.04. The molecular formula is C10H13NO3S. The van der Waals surface area contributed by atoms with Crippen LogP contribution in [0.3, 0.4) is 0 Å². The van der Waals surface area contributed by atoms with Crippen LogP contribution in [0.4, 0.5) is 0 Å². The quantitative estimate of drug-likeness (QED) is 0.721. The first-order valence-corrected chi connectivity index (χ1v) is 5.82. The largest absolute Gasteiger partial charge is 0.611 e. The highest BCUT2D eigenvalue weighted by Crippen LogP contribution is 2.11. The number of carbonyl (C=O) groups is 1. The fourth-order valence-corrected chi connectivity index (χ4v) is 2.31. The first kappa shape index (κ1) is 12.0. The van der Waals surface area contributed by atoms with Gasteiger partial charge in [0.2, 0.25) is 0 Å². The fraction of sp³-hybridized carbons (Fsp3) is 0.300. The number of hydrogen-bond acceptors (Lipinski definition) is 3. The van der Waals surface area contributed by atoms with Crippen molar-refractivity contribution >= 4 is 17.1 Å². The summed E-state index contributed by atoms with van der Waals surface area (Å²) >= 11 is -1.22. The summed E-state index contributed by atoms with van der Waals surface area (Å²) in [6.07, 6.45) is -0.154. The SMILES string of the molecule is NC(CC(=O)O)C[S+]([O-])c1ccccc1. The maximum Gasteiger partial charge on any atom is 0.305 e. The van der Waals surface area contributed by atoms with E-state index in [4.69, 9.17) is 10.8 Å². The van der Waals surface area contributed by atoms with E-state index < -0.39 is 23.2 Å². The highest BCUT2D eigenvalue weighted by molar-refractivity contribution is 7.91. The van der Waals surface area contributed by atoms with Crippen LogP contribution in [0.25, 0.3) is 0 Å². The molecular weight excluding hydrogens is 214 g/mol. The van der Waals surface area contributed by atoms with Gasteiger partial charge in [0.1, 0.15) is 5.75 Å². The fourth-order valence-electron chi connectivity index (χ4n) is 1.15. The minimum Gasteiger partial charge on any atom is -0.611 e. The van der Waals surface area contributed by atoms with Crippen molar-refractivity contribution in [3.63, 3.8) is 0 Å². The van der Waals surface area contributed by atoms with E-state index in [1.54, 1.807) is 24.3 Å². The lowest BCUT2D eigenvalue weighted by Gasteiger charge is -2.13. The highest BCUT2D eigenvalue weighted by atomic mass is 32.2. The molecule has 5 heteroatoms. The molecule has 4 nitrogen and oxygen atoms in total. The highest BCUT2D eigenvalue weighted by Gasteiger charge is 2.17. The van der Waals surface area contributed by atoms with Crippen molar-refractivity contribution < 1.29 is 14.5 Å². The van der Waals surface area contributed by atoms with Gasteiger partial charge in [0.25, 0.3) is 0 Å². The maximum atomic E-state index is 11.7. The van der Waals surface area contributed by atoms with E-state index in [1.165, 1.54) is 0 Å². The summed E-state index contributed by atoms with van der Waals surface area (Å²) in [6, 6.07) is 8.32. The van der Waals surface area contributed by atoms with Gasteiger partial charge in [-0.1, -0.05) is 18.2 Å². The van der Waals surface area contributed by atoms with Gasteiger partial charge in [-0.25, -0.2) is 0 Å². The van der Waals surface area contributed by atoms with Crippen molar-refractivity contribution in [1.82, 2.24) is 0 Å². The van der Waals surface area contributed by atoms with Crippen LogP contribution in [0.1, 0.15) is 6.42 Å². The van der Waals surface area contributed by atoms with Crippen LogP contribution in [0.5, 0.6) is 0 Å². The standard InChI is InChI=1S/C10H13NO3S/c11-8(6-10(12)13)7-15(14)9-4-2-1-3-5-9/h1-5,8H,6-7,11H2,(H,12,13). The molecule has 0 aliphatic heterocycles. The summed E-state index contributed by atoms with van der Waals surface area (Å²) in [4.78, 5) is 11.0. The minimum atomic E-state index is -1.22. The van der Waals surface area contributed by atoms with Gasteiger partial charge in [-0.15, -0.1) is 0 Å². The monoisotopic (exact) mass is 227 g/mol. The molecule has 0 saturated heterocycles. The van der Waals surface area contributed by atoms with Crippen LogP contribution in [-0.2, 0) is 16.0 Å². The number of hydrogen-bond donors (Lipinski definition) is 2. The molecule has 0 saturated carbocycles. The number of rotatable bonds is 5. The average Bonchev–Trinajstić information content (AvgIpc) is 2.17. The molecule has 0 bridgehead atoms. The Morgan fingerprint density at radius 2 is 2.07 bits per heavy atom. The van der Waals surface area contributed by atoms with E-state index in [0.29, 0.717) is 4.90 Å². The van der Waals surface area contributed by atoms with Gasteiger partial charge in [-0.3, -0.25) is 4.79 Å². The van der Waals surface area contributed by atoms with Crippen LogP contribution in [0.15, 0.2) is 35.2 Å². The van der Waals surface area contributed by atoms with Crippen LogP contribution in [-0.4, -0.2) is 27.4 Å².